The molecule has 3 fully saturated rings. The van der Waals surface area contributed by atoms with Gasteiger partial charge < -0.3 is 29.3 Å². The highest BCUT2D eigenvalue weighted by molar-refractivity contribution is 5.72. The number of nitrogens with one attached hydrogen (secondary N) is 1. The number of nitrogens with zero attached hydrogens (tertiary/aromatic N) is 5. The van der Waals surface area contributed by atoms with Crippen molar-refractivity contribution in [1.29, 1.82) is 0 Å². The number of fused-ring (bicyclic) bond motifs is 2. The van der Waals surface area contributed by atoms with Crippen molar-refractivity contribution in [2.75, 3.05) is 62.7 Å². The van der Waals surface area contributed by atoms with Gasteiger partial charge in [0.15, 0.2) is 0 Å². The maximum absolute atomic E-state index is 12.3. The van der Waals surface area contributed by atoms with Crippen LogP contribution in [0.15, 0.2) is 24.5 Å². The van der Waals surface area contributed by atoms with E-state index in [2.05, 4.69) is 50.2 Å². The molecule has 5 heterocycles. The van der Waals surface area contributed by atoms with Crippen LogP contribution in [0.2, 0.25) is 0 Å². The Kier molecular flexibility index (Phi) is 7.01. The molecule has 3 saturated heterocycles. The van der Waals surface area contributed by atoms with Crippen LogP contribution in [0.3, 0.4) is 0 Å². The number of ether oxygens (including phenoxy) is 3. The maximum Gasteiger partial charge on any atom is 0.410 e. The number of anilines is 3. The van der Waals surface area contributed by atoms with E-state index in [9.17, 15) is 4.79 Å². The Morgan fingerprint density at radius 2 is 1.90 bits per heavy atom. The van der Waals surface area contributed by atoms with Gasteiger partial charge in [-0.3, -0.25) is 4.90 Å². The van der Waals surface area contributed by atoms with Gasteiger partial charge in [-0.25, -0.2) is 14.8 Å². The molecule has 6 rings (SSSR count). The number of morpholine rings is 1. The Bertz CT molecular complexity index is 1200. The molecule has 210 valence electrons. The van der Waals surface area contributed by atoms with E-state index in [1.807, 2.05) is 25.7 Å². The summed E-state index contributed by atoms with van der Waals surface area (Å²) in [5, 5.41) is 3.56. The third kappa shape index (κ3) is 5.49. The van der Waals surface area contributed by atoms with Crippen molar-refractivity contribution in [2.45, 2.75) is 58.3 Å². The first-order chi connectivity index (χ1) is 18.7. The molecule has 0 radical (unpaired) electrons. The van der Waals surface area contributed by atoms with E-state index in [-0.39, 0.29) is 6.09 Å². The van der Waals surface area contributed by atoms with E-state index in [1.165, 1.54) is 5.56 Å². The molecule has 2 aromatic rings. The third-order valence-corrected chi connectivity index (χ3v) is 8.26. The Labute approximate surface area is 230 Å². The minimum Gasteiger partial charge on any atom is -0.486 e. The van der Waals surface area contributed by atoms with Crippen molar-refractivity contribution in [2.24, 2.45) is 5.92 Å². The predicted octanol–water partition coefficient (Wildman–Crippen LogP) is 3.99. The first-order valence-corrected chi connectivity index (χ1v) is 14.2. The molecule has 0 spiro atoms. The number of carbonyl (C=O) groups is 1. The molecule has 0 unspecified atom stereocenters. The van der Waals surface area contributed by atoms with Gasteiger partial charge in [-0.15, -0.1) is 0 Å². The highest BCUT2D eigenvalue weighted by atomic mass is 16.6. The lowest BCUT2D eigenvalue weighted by molar-refractivity contribution is -0.0243. The van der Waals surface area contributed by atoms with Gasteiger partial charge in [0.05, 0.1) is 24.5 Å². The van der Waals surface area contributed by atoms with E-state index < -0.39 is 5.60 Å². The zero-order valence-electron chi connectivity index (χ0n) is 23.5. The Balaban J connectivity index is 1.10. The van der Waals surface area contributed by atoms with Crippen molar-refractivity contribution in [3.8, 4) is 5.75 Å². The van der Waals surface area contributed by atoms with Gasteiger partial charge in [0, 0.05) is 38.8 Å². The quantitative estimate of drug-likeness (QED) is 0.625. The number of aromatic nitrogens is 2. The average Bonchev–Trinajstić information content (AvgIpc) is 3.06. The second-order valence-electron chi connectivity index (χ2n) is 12.2. The highest BCUT2D eigenvalue weighted by Gasteiger charge is 2.40. The minimum absolute atomic E-state index is 0.203. The van der Waals surface area contributed by atoms with Gasteiger partial charge in [-0.1, -0.05) is 13.0 Å². The van der Waals surface area contributed by atoms with E-state index in [0.717, 1.165) is 74.3 Å². The Hall–Kier alpha value is -3.11. The lowest BCUT2D eigenvalue weighted by Gasteiger charge is -2.49. The topological polar surface area (TPSA) is 92.3 Å². The summed E-state index contributed by atoms with van der Waals surface area (Å²) >= 11 is 0. The van der Waals surface area contributed by atoms with Crippen LogP contribution in [0, 0.1) is 5.92 Å². The molecule has 0 aliphatic carbocycles. The summed E-state index contributed by atoms with van der Waals surface area (Å²) in [7, 11) is 0. The number of hydrogen-bond donors (Lipinski definition) is 1. The molecule has 1 amide bonds. The van der Waals surface area contributed by atoms with Crippen LogP contribution >= 0.6 is 0 Å². The van der Waals surface area contributed by atoms with Crippen molar-refractivity contribution in [3.63, 3.8) is 0 Å². The molecule has 1 N–H and O–H groups in total. The Morgan fingerprint density at radius 3 is 2.64 bits per heavy atom. The van der Waals surface area contributed by atoms with Gasteiger partial charge in [-0.2, -0.15) is 0 Å². The molecule has 4 aliphatic rings. The van der Waals surface area contributed by atoms with Crippen LogP contribution in [0.1, 0.15) is 51.2 Å². The summed E-state index contributed by atoms with van der Waals surface area (Å²) in [6.07, 6.45) is 2.52. The lowest BCUT2D eigenvalue weighted by atomic mass is 9.80. The summed E-state index contributed by atoms with van der Waals surface area (Å²) in [6, 6.07) is 6.97. The standard InChI is InChI=1S/C29H40N6O4/c1-19-14-34(21-15-35(16-21)28(36)39-29(2,3)4)8-7-22(19)20-5-6-25-24(13-20)32-26-23(17-38-25)27(31-18-30-26)33-9-11-37-12-10-33/h5-6,13,18-19,21-22H,7-12,14-17H2,1-4H3,(H,30,31,32)/t19-,22+/m1/s1. The molecule has 10 nitrogen and oxygen atoms in total. The SMILES string of the molecule is C[C@@H]1CN(C2CN(C(=O)OC(C)(C)C)C2)CC[C@@H]1c1ccc2c(c1)Nc1ncnc(N3CCOCC3)c1CO2. The van der Waals surface area contributed by atoms with Crippen molar-refractivity contribution in [1.82, 2.24) is 19.8 Å². The molecular formula is C29H40N6O4. The second kappa shape index (κ2) is 10.5. The van der Waals surface area contributed by atoms with Crippen molar-refractivity contribution < 1.29 is 19.0 Å². The van der Waals surface area contributed by atoms with Crippen LogP contribution in [-0.2, 0) is 16.1 Å². The first kappa shape index (κ1) is 26.1. The lowest BCUT2D eigenvalue weighted by Crippen LogP contribution is -2.63. The molecule has 39 heavy (non-hydrogen) atoms. The number of carbonyl (C=O) groups excluding carboxylic acids is 1. The van der Waals surface area contributed by atoms with Crippen molar-refractivity contribution >= 4 is 23.4 Å². The monoisotopic (exact) mass is 536 g/mol. The molecule has 4 aliphatic heterocycles. The Morgan fingerprint density at radius 1 is 1.10 bits per heavy atom. The molecule has 10 heteroatoms. The van der Waals surface area contributed by atoms with E-state index in [4.69, 9.17) is 14.2 Å². The largest absolute Gasteiger partial charge is 0.486 e. The molecule has 1 aromatic heterocycles. The third-order valence-electron chi connectivity index (χ3n) is 8.26. The van der Waals surface area contributed by atoms with E-state index in [0.29, 0.717) is 37.7 Å². The summed E-state index contributed by atoms with van der Waals surface area (Å²) in [6.45, 7) is 15.1. The number of amides is 1. The van der Waals surface area contributed by atoms with Gasteiger partial charge >= 0.3 is 6.09 Å². The minimum atomic E-state index is -0.455. The zero-order valence-corrected chi connectivity index (χ0v) is 23.5. The van der Waals surface area contributed by atoms with Crippen LogP contribution < -0.4 is 15.0 Å². The summed E-state index contributed by atoms with van der Waals surface area (Å²) < 4.78 is 17.3. The fourth-order valence-corrected chi connectivity index (χ4v) is 6.14. The van der Waals surface area contributed by atoms with E-state index in [1.54, 1.807) is 6.33 Å². The highest BCUT2D eigenvalue weighted by Crippen LogP contribution is 2.41. The average molecular weight is 537 g/mol. The van der Waals surface area contributed by atoms with Crippen LogP contribution in [0.4, 0.5) is 22.1 Å². The molecular weight excluding hydrogens is 496 g/mol. The van der Waals surface area contributed by atoms with Crippen molar-refractivity contribution in [3.05, 3.63) is 35.7 Å². The molecule has 0 bridgehead atoms. The second-order valence-corrected chi connectivity index (χ2v) is 12.2. The summed E-state index contributed by atoms with van der Waals surface area (Å²) in [4.78, 5) is 28.1. The molecule has 2 atom stereocenters. The fraction of sp³-hybridized carbons (Fsp3) is 0.621. The van der Waals surface area contributed by atoms with Gasteiger partial charge in [0.25, 0.3) is 0 Å². The number of benzene rings is 1. The van der Waals surface area contributed by atoms with Gasteiger partial charge in [0.1, 0.15) is 35.9 Å². The number of rotatable bonds is 3. The van der Waals surface area contributed by atoms with Crippen LogP contribution in [0.25, 0.3) is 0 Å². The fourth-order valence-electron chi connectivity index (χ4n) is 6.14. The normalized spacial score (nSPS) is 24.0. The van der Waals surface area contributed by atoms with Gasteiger partial charge in [-0.05, 0) is 63.3 Å². The molecule has 1 aromatic carbocycles. The maximum atomic E-state index is 12.3. The predicted molar refractivity (Wildman–Crippen MR) is 149 cm³/mol. The summed E-state index contributed by atoms with van der Waals surface area (Å²) in [5.74, 6) is 3.54. The van der Waals surface area contributed by atoms with Crippen LogP contribution in [-0.4, -0.2) is 90.0 Å². The van der Waals surface area contributed by atoms with Gasteiger partial charge in [0.2, 0.25) is 0 Å². The summed E-state index contributed by atoms with van der Waals surface area (Å²) in [5.41, 5.74) is 2.81. The first-order valence-electron chi connectivity index (χ1n) is 14.2. The number of likely N-dealkylation sites (tertiary alicyclic amines) is 2. The smallest absolute Gasteiger partial charge is 0.410 e. The van der Waals surface area contributed by atoms with E-state index >= 15 is 0 Å². The number of piperidine rings is 1. The van der Waals surface area contributed by atoms with Crippen LogP contribution in [0.5, 0.6) is 5.75 Å². The molecule has 0 saturated carbocycles. The zero-order chi connectivity index (χ0) is 27.1. The number of hydrogen-bond acceptors (Lipinski definition) is 9.